The van der Waals surface area contributed by atoms with E-state index in [0.29, 0.717) is 12.2 Å². The van der Waals surface area contributed by atoms with E-state index >= 15 is 0 Å². The Bertz CT molecular complexity index is 888. The number of hydrogen-bond donors (Lipinski definition) is 1. The van der Waals surface area contributed by atoms with Crippen LogP contribution in [0, 0.1) is 0 Å². The molecule has 0 amide bonds. The summed E-state index contributed by atoms with van der Waals surface area (Å²) in [6, 6.07) is 10.7. The maximum absolute atomic E-state index is 12.4. The molecule has 0 spiro atoms. The molecule has 0 saturated heterocycles. The topological polar surface area (TPSA) is 43.3 Å². The highest BCUT2D eigenvalue weighted by atomic mass is 32.1. The summed E-state index contributed by atoms with van der Waals surface area (Å²) in [5.41, 5.74) is 1.92. The molecular weight excluding hydrogens is 334 g/mol. The van der Waals surface area contributed by atoms with Crippen LogP contribution in [0.15, 0.2) is 46.6 Å². The molecule has 4 nitrogen and oxygen atoms in total. The zero-order chi connectivity index (χ0) is 17.1. The fourth-order valence-corrected chi connectivity index (χ4v) is 3.39. The largest absolute Gasteiger partial charge is 0.497 e. The number of alkyl halides is 2. The SMILES string of the molecule is COc1ccc(Cn2c(=O)cc(NCC(F)F)c3sccc32)cc1. The fraction of sp³-hybridized carbons (Fsp3) is 0.235. The molecule has 0 saturated carbocycles. The average molecular weight is 350 g/mol. The highest BCUT2D eigenvalue weighted by molar-refractivity contribution is 7.17. The van der Waals surface area contributed by atoms with Crippen LogP contribution in [0.1, 0.15) is 5.56 Å². The third kappa shape index (κ3) is 3.41. The van der Waals surface area contributed by atoms with Crippen molar-refractivity contribution in [3.05, 3.63) is 57.7 Å². The third-order valence-corrected chi connectivity index (χ3v) is 4.60. The van der Waals surface area contributed by atoms with E-state index < -0.39 is 13.0 Å². The Morgan fingerprint density at radius 3 is 2.67 bits per heavy atom. The van der Waals surface area contributed by atoms with Crippen LogP contribution in [0.2, 0.25) is 0 Å². The number of nitrogens with zero attached hydrogens (tertiary/aromatic N) is 1. The lowest BCUT2D eigenvalue weighted by atomic mass is 10.2. The van der Waals surface area contributed by atoms with E-state index in [2.05, 4.69) is 5.32 Å². The van der Waals surface area contributed by atoms with Crippen molar-refractivity contribution in [3.8, 4) is 5.75 Å². The Balaban J connectivity index is 1.96. The lowest BCUT2D eigenvalue weighted by Crippen LogP contribution is -2.21. The normalized spacial score (nSPS) is 11.2. The Labute approximate surface area is 141 Å². The predicted molar refractivity (Wildman–Crippen MR) is 92.7 cm³/mol. The Kier molecular flexibility index (Phi) is 4.80. The van der Waals surface area contributed by atoms with E-state index in [1.54, 1.807) is 11.7 Å². The number of nitrogens with one attached hydrogen (secondary N) is 1. The zero-order valence-corrected chi connectivity index (χ0v) is 13.8. The molecule has 0 fully saturated rings. The first-order valence-electron chi connectivity index (χ1n) is 7.34. The Morgan fingerprint density at radius 1 is 1.25 bits per heavy atom. The predicted octanol–water partition coefficient (Wildman–Crippen LogP) is 3.80. The monoisotopic (exact) mass is 350 g/mol. The summed E-state index contributed by atoms with van der Waals surface area (Å²) in [4.78, 5) is 12.4. The van der Waals surface area contributed by atoms with Gasteiger partial charge in [-0.15, -0.1) is 11.3 Å². The highest BCUT2D eigenvalue weighted by Gasteiger charge is 2.12. The molecule has 0 radical (unpaired) electrons. The van der Waals surface area contributed by atoms with E-state index in [-0.39, 0.29) is 5.56 Å². The van der Waals surface area contributed by atoms with Gasteiger partial charge in [-0.2, -0.15) is 0 Å². The molecule has 0 atom stereocenters. The number of pyridine rings is 1. The number of hydrogen-bond acceptors (Lipinski definition) is 4. The summed E-state index contributed by atoms with van der Waals surface area (Å²) in [6.07, 6.45) is -2.47. The molecule has 1 N–H and O–H groups in total. The van der Waals surface area contributed by atoms with Crippen LogP contribution in [-0.2, 0) is 6.54 Å². The molecule has 7 heteroatoms. The minimum atomic E-state index is -2.47. The second-order valence-corrected chi connectivity index (χ2v) is 6.15. The standard InChI is InChI=1S/C17H16F2N2O2S/c1-23-12-4-2-11(3-5-12)10-21-14-6-7-24-17(14)13(8-16(21)22)20-9-15(18)19/h2-8,15,20H,9-10H2,1H3. The van der Waals surface area contributed by atoms with Gasteiger partial charge in [0, 0.05) is 6.07 Å². The first-order chi connectivity index (χ1) is 11.6. The summed E-state index contributed by atoms with van der Waals surface area (Å²) in [7, 11) is 1.60. The molecule has 24 heavy (non-hydrogen) atoms. The molecule has 126 valence electrons. The van der Waals surface area contributed by atoms with E-state index in [4.69, 9.17) is 4.74 Å². The quantitative estimate of drug-likeness (QED) is 0.735. The second-order valence-electron chi connectivity index (χ2n) is 5.24. The molecule has 0 aliphatic heterocycles. The van der Waals surface area contributed by atoms with Gasteiger partial charge >= 0.3 is 0 Å². The maximum Gasteiger partial charge on any atom is 0.255 e. The second kappa shape index (κ2) is 7.00. The van der Waals surface area contributed by atoms with E-state index in [9.17, 15) is 13.6 Å². The fourth-order valence-electron chi connectivity index (χ4n) is 2.50. The van der Waals surface area contributed by atoms with Gasteiger partial charge in [0.05, 0.1) is 36.1 Å². The van der Waals surface area contributed by atoms with Crippen LogP contribution in [0.25, 0.3) is 10.2 Å². The van der Waals surface area contributed by atoms with E-state index in [0.717, 1.165) is 21.5 Å². The number of thiophene rings is 1. The Morgan fingerprint density at radius 2 is 2.00 bits per heavy atom. The molecule has 0 unspecified atom stereocenters. The minimum Gasteiger partial charge on any atom is -0.497 e. The number of ether oxygens (including phenoxy) is 1. The van der Waals surface area contributed by atoms with Gasteiger partial charge in [-0.05, 0) is 29.1 Å². The first-order valence-corrected chi connectivity index (χ1v) is 8.22. The van der Waals surface area contributed by atoms with Crippen molar-refractivity contribution in [1.29, 1.82) is 0 Å². The van der Waals surface area contributed by atoms with E-state index in [1.165, 1.54) is 17.4 Å². The number of anilines is 1. The summed E-state index contributed by atoms with van der Waals surface area (Å²) >= 11 is 1.42. The lowest BCUT2D eigenvalue weighted by Gasteiger charge is -2.12. The summed E-state index contributed by atoms with van der Waals surface area (Å²) in [5, 5.41) is 4.50. The maximum atomic E-state index is 12.4. The van der Waals surface area contributed by atoms with Crippen LogP contribution < -0.4 is 15.6 Å². The van der Waals surface area contributed by atoms with Crippen LogP contribution in [0.5, 0.6) is 5.75 Å². The van der Waals surface area contributed by atoms with Gasteiger partial charge in [-0.25, -0.2) is 8.78 Å². The Hall–Kier alpha value is -2.41. The number of halogens is 2. The summed E-state index contributed by atoms with van der Waals surface area (Å²) < 4.78 is 32.4. The van der Waals surface area contributed by atoms with Gasteiger partial charge in [0.15, 0.2) is 0 Å². The number of rotatable bonds is 6. The summed E-state index contributed by atoms with van der Waals surface area (Å²) in [6.45, 7) is -0.0693. The van der Waals surface area contributed by atoms with Crippen molar-refractivity contribution in [2.24, 2.45) is 0 Å². The molecule has 0 aliphatic carbocycles. The van der Waals surface area contributed by atoms with Gasteiger partial charge in [-0.1, -0.05) is 12.1 Å². The van der Waals surface area contributed by atoms with Gasteiger partial charge in [0.2, 0.25) is 0 Å². The van der Waals surface area contributed by atoms with Crippen molar-refractivity contribution in [3.63, 3.8) is 0 Å². The average Bonchev–Trinajstić information content (AvgIpc) is 3.06. The number of aromatic nitrogens is 1. The summed E-state index contributed by atoms with van der Waals surface area (Å²) in [5.74, 6) is 0.748. The van der Waals surface area contributed by atoms with Crippen molar-refractivity contribution >= 4 is 27.2 Å². The van der Waals surface area contributed by atoms with Crippen LogP contribution in [0.4, 0.5) is 14.5 Å². The van der Waals surface area contributed by atoms with E-state index in [1.807, 2.05) is 35.7 Å². The van der Waals surface area contributed by atoms with Gasteiger partial charge in [-0.3, -0.25) is 4.79 Å². The van der Waals surface area contributed by atoms with Crippen molar-refractivity contribution in [1.82, 2.24) is 4.57 Å². The zero-order valence-electron chi connectivity index (χ0n) is 13.0. The molecule has 0 bridgehead atoms. The van der Waals surface area contributed by atoms with Crippen molar-refractivity contribution in [2.75, 3.05) is 19.0 Å². The number of benzene rings is 1. The molecule has 3 rings (SSSR count). The molecule has 3 aromatic rings. The number of fused-ring (bicyclic) bond motifs is 1. The molecular formula is C17H16F2N2O2S. The van der Waals surface area contributed by atoms with Crippen molar-refractivity contribution in [2.45, 2.75) is 13.0 Å². The molecule has 0 aliphatic rings. The van der Waals surface area contributed by atoms with Crippen molar-refractivity contribution < 1.29 is 13.5 Å². The van der Waals surface area contributed by atoms with Crippen LogP contribution in [0.3, 0.4) is 0 Å². The molecule has 1 aromatic carbocycles. The molecule has 2 heterocycles. The smallest absolute Gasteiger partial charge is 0.255 e. The van der Waals surface area contributed by atoms with Crippen LogP contribution >= 0.6 is 11.3 Å². The van der Waals surface area contributed by atoms with Gasteiger partial charge in [0.1, 0.15) is 5.75 Å². The van der Waals surface area contributed by atoms with Gasteiger partial charge < -0.3 is 14.6 Å². The lowest BCUT2D eigenvalue weighted by molar-refractivity contribution is 0.163. The minimum absolute atomic E-state index is 0.228. The first kappa shape index (κ1) is 16.4. The van der Waals surface area contributed by atoms with Crippen LogP contribution in [-0.4, -0.2) is 24.6 Å². The van der Waals surface area contributed by atoms with Gasteiger partial charge in [0.25, 0.3) is 12.0 Å². The highest BCUT2D eigenvalue weighted by Crippen LogP contribution is 2.28. The number of methoxy groups -OCH3 is 1. The third-order valence-electron chi connectivity index (χ3n) is 3.66. The molecule has 2 aromatic heterocycles.